The Balaban J connectivity index is 2.43. The molecule has 16 heavy (non-hydrogen) atoms. The van der Waals surface area contributed by atoms with Crippen molar-refractivity contribution in [3.8, 4) is 5.75 Å². The van der Waals surface area contributed by atoms with Gasteiger partial charge < -0.3 is 15.7 Å². The van der Waals surface area contributed by atoms with Crippen LogP contribution in [0.1, 0.15) is 5.56 Å². The molecule has 1 aromatic carbocycles. The first-order valence-electron chi connectivity index (χ1n) is 4.87. The van der Waals surface area contributed by atoms with Crippen LogP contribution < -0.4 is 10.6 Å². The number of aromatic hydroxyl groups is 1. The van der Waals surface area contributed by atoms with Gasteiger partial charge in [0.2, 0.25) is 11.8 Å². The van der Waals surface area contributed by atoms with E-state index in [1.54, 1.807) is 12.1 Å². The Morgan fingerprint density at radius 2 is 2.06 bits per heavy atom. The summed E-state index contributed by atoms with van der Waals surface area (Å²) < 4.78 is 0. The van der Waals surface area contributed by atoms with Gasteiger partial charge in [-0.1, -0.05) is 12.1 Å². The number of rotatable bonds is 4. The molecule has 0 atom stereocenters. The molecule has 0 fully saturated rings. The Hall–Kier alpha value is -2.04. The minimum absolute atomic E-state index is 0.0336. The van der Waals surface area contributed by atoms with Crippen LogP contribution in [-0.4, -0.2) is 30.5 Å². The molecule has 0 bridgehead atoms. The fourth-order valence-electron chi connectivity index (χ4n) is 1.18. The highest BCUT2D eigenvalue weighted by molar-refractivity contribution is 5.85. The first kappa shape index (κ1) is 12.0. The molecule has 1 aromatic rings. The number of benzene rings is 1. The number of likely N-dealkylation sites (N-methyl/N-ethyl adjacent to an activating group) is 1. The average molecular weight is 222 g/mol. The van der Waals surface area contributed by atoms with Crippen molar-refractivity contribution in [2.75, 3.05) is 13.6 Å². The van der Waals surface area contributed by atoms with Crippen LogP contribution in [0.25, 0.3) is 0 Å². The molecular formula is C11H14N2O3. The van der Waals surface area contributed by atoms with Crippen LogP contribution in [0.5, 0.6) is 5.75 Å². The van der Waals surface area contributed by atoms with Gasteiger partial charge in [-0.15, -0.1) is 0 Å². The number of hydrogen-bond acceptors (Lipinski definition) is 3. The molecule has 0 saturated heterocycles. The third-order valence-corrected chi connectivity index (χ3v) is 2.00. The Kier molecular flexibility index (Phi) is 4.32. The summed E-state index contributed by atoms with van der Waals surface area (Å²) in [6.45, 7) is -0.0336. The summed E-state index contributed by atoms with van der Waals surface area (Å²) in [5.41, 5.74) is 0.703. The number of carbonyl (C=O) groups is 2. The van der Waals surface area contributed by atoms with Gasteiger partial charge in [0.05, 0.1) is 13.0 Å². The van der Waals surface area contributed by atoms with Crippen molar-refractivity contribution in [1.29, 1.82) is 0 Å². The highest BCUT2D eigenvalue weighted by Crippen LogP contribution is 2.10. The zero-order chi connectivity index (χ0) is 12.0. The lowest BCUT2D eigenvalue weighted by atomic mass is 10.1. The summed E-state index contributed by atoms with van der Waals surface area (Å²) in [7, 11) is 1.50. The van der Waals surface area contributed by atoms with Crippen LogP contribution in [0, 0.1) is 0 Å². The molecule has 5 nitrogen and oxygen atoms in total. The molecule has 0 aliphatic heterocycles. The highest BCUT2D eigenvalue weighted by atomic mass is 16.3. The number of nitrogens with one attached hydrogen (secondary N) is 2. The van der Waals surface area contributed by atoms with Crippen molar-refractivity contribution in [2.24, 2.45) is 0 Å². The maximum Gasteiger partial charge on any atom is 0.239 e. The number of carbonyl (C=O) groups excluding carboxylic acids is 2. The van der Waals surface area contributed by atoms with Gasteiger partial charge in [0.1, 0.15) is 5.75 Å². The van der Waals surface area contributed by atoms with Gasteiger partial charge in [-0.3, -0.25) is 9.59 Å². The van der Waals surface area contributed by atoms with E-state index in [0.29, 0.717) is 5.56 Å². The fourth-order valence-corrected chi connectivity index (χ4v) is 1.18. The molecule has 0 aromatic heterocycles. The lowest BCUT2D eigenvalue weighted by Gasteiger charge is -2.04. The summed E-state index contributed by atoms with van der Waals surface area (Å²) >= 11 is 0. The van der Waals surface area contributed by atoms with E-state index in [0.717, 1.165) is 0 Å². The Morgan fingerprint density at radius 1 is 1.31 bits per heavy atom. The van der Waals surface area contributed by atoms with Crippen LogP contribution in [-0.2, 0) is 16.0 Å². The molecule has 0 heterocycles. The van der Waals surface area contributed by atoms with Crippen molar-refractivity contribution < 1.29 is 14.7 Å². The topological polar surface area (TPSA) is 78.4 Å². The number of phenols is 1. The van der Waals surface area contributed by atoms with E-state index >= 15 is 0 Å². The van der Waals surface area contributed by atoms with E-state index in [-0.39, 0.29) is 30.5 Å². The fraction of sp³-hybridized carbons (Fsp3) is 0.273. The number of phenolic OH excluding ortho intramolecular Hbond substituents is 1. The molecule has 0 radical (unpaired) electrons. The van der Waals surface area contributed by atoms with E-state index in [1.165, 1.54) is 19.2 Å². The van der Waals surface area contributed by atoms with Crippen LogP contribution in [0.15, 0.2) is 24.3 Å². The predicted octanol–water partition coefficient (Wildman–Crippen LogP) is -0.203. The second kappa shape index (κ2) is 5.75. The largest absolute Gasteiger partial charge is 0.508 e. The third-order valence-electron chi connectivity index (χ3n) is 2.00. The van der Waals surface area contributed by atoms with Crippen molar-refractivity contribution in [3.05, 3.63) is 29.8 Å². The minimum Gasteiger partial charge on any atom is -0.508 e. The van der Waals surface area contributed by atoms with Crippen molar-refractivity contribution >= 4 is 11.8 Å². The second-order valence-electron chi connectivity index (χ2n) is 3.30. The normalized spacial score (nSPS) is 9.56. The van der Waals surface area contributed by atoms with Crippen LogP contribution in [0.4, 0.5) is 0 Å². The molecule has 86 valence electrons. The first-order valence-corrected chi connectivity index (χ1v) is 4.87. The molecule has 5 heteroatoms. The maximum absolute atomic E-state index is 11.4. The lowest BCUT2D eigenvalue weighted by Crippen LogP contribution is -2.35. The summed E-state index contributed by atoms with van der Waals surface area (Å²) in [6.07, 6.45) is 0.144. The first-order chi connectivity index (χ1) is 7.61. The third kappa shape index (κ3) is 4.00. The van der Waals surface area contributed by atoms with Gasteiger partial charge in [-0.05, 0) is 17.7 Å². The van der Waals surface area contributed by atoms with Gasteiger partial charge in [0.25, 0.3) is 0 Å². The van der Waals surface area contributed by atoms with E-state index in [2.05, 4.69) is 10.6 Å². The quantitative estimate of drug-likeness (QED) is 0.660. The molecule has 0 aliphatic carbocycles. The van der Waals surface area contributed by atoms with Gasteiger partial charge >= 0.3 is 0 Å². The molecular weight excluding hydrogens is 208 g/mol. The van der Waals surface area contributed by atoms with Crippen LogP contribution in [0.2, 0.25) is 0 Å². The molecule has 2 amide bonds. The minimum atomic E-state index is -0.255. The molecule has 0 aliphatic rings. The highest BCUT2D eigenvalue weighted by Gasteiger charge is 2.05. The molecule has 3 N–H and O–H groups in total. The zero-order valence-electron chi connectivity index (χ0n) is 8.99. The molecule has 1 rings (SSSR count). The van der Waals surface area contributed by atoms with E-state index < -0.39 is 0 Å². The lowest BCUT2D eigenvalue weighted by molar-refractivity contribution is -0.125. The molecule has 0 unspecified atom stereocenters. The van der Waals surface area contributed by atoms with E-state index in [9.17, 15) is 14.7 Å². The predicted molar refractivity (Wildman–Crippen MR) is 58.9 cm³/mol. The summed E-state index contributed by atoms with van der Waals surface area (Å²) in [4.78, 5) is 22.2. The van der Waals surface area contributed by atoms with Crippen molar-refractivity contribution in [1.82, 2.24) is 10.6 Å². The van der Waals surface area contributed by atoms with Gasteiger partial charge in [-0.25, -0.2) is 0 Å². The smallest absolute Gasteiger partial charge is 0.239 e. The van der Waals surface area contributed by atoms with Gasteiger partial charge in [0, 0.05) is 7.05 Å². The molecule has 0 saturated carbocycles. The van der Waals surface area contributed by atoms with E-state index in [1.807, 2.05) is 0 Å². The van der Waals surface area contributed by atoms with Crippen LogP contribution in [0.3, 0.4) is 0 Å². The maximum atomic E-state index is 11.4. The van der Waals surface area contributed by atoms with Crippen LogP contribution >= 0.6 is 0 Å². The average Bonchev–Trinajstić information content (AvgIpc) is 2.26. The van der Waals surface area contributed by atoms with E-state index in [4.69, 9.17) is 0 Å². The SMILES string of the molecule is CNC(=O)CNC(=O)Cc1cccc(O)c1. The van der Waals surface area contributed by atoms with Gasteiger partial charge in [-0.2, -0.15) is 0 Å². The summed E-state index contributed by atoms with van der Waals surface area (Å²) in [5, 5.41) is 14.1. The summed E-state index contributed by atoms with van der Waals surface area (Å²) in [5.74, 6) is -0.380. The second-order valence-corrected chi connectivity index (χ2v) is 3.30. The number of amides is 2. The zero-order valence-corrected chi connectivity index (χ0v) is 8.99. The van der Waals surface area contributed by atoms with Gasteiger partial charge in [0.15, 0.2) is 0 Å². The Morgan fingerprint density at radius 3 is 2.69 bits per heavy atom. The Bertz CT molecular complexity index is 391. The number of hydrogen-bond donors (Lipinski definition) is 3. The monoisotopic (exact) mass is 222 g/mol. The summed E-state index contributed by atoms with van der Waals surface area (Å²) in [6, 6.07) is 6.45. The standard InChI is InChI=1S/C11H14N2O3/c1-12-11(16)7-13-10(15)6-8-3-2-4-9(14)5-8/h2-5,14H,6-7H2,1H3,(H,12,16)(H,13,15). The van der Waals surface area contributed by atoms with Crippen molar-refractivity contribution in [3.63, 3.8) is 0 Å². The van der Waals surface area contributed by atoms with Crippen molar-refractivity contribution in [2.45, 2.75) is 6.42 Å². The molecule has 0 spiro atoms. The Labute approximate surface area is 93.5 Å².